The fraction of sp³-hybridized carbons (Fsp3) is 0.636. The van der Waals surface area contributed by atoms with E-state index in [0.29, 0.717) is 6.61 Å². The second kappa shape index (κ2) is 18.2. The topological polar surface area (TPSA) is 110 Å². The number of hydrogen-bond acceptors (Lipinski definition) is 7. The van der Waals surface area contributed by atoms with Crippen LogP contribution >= 0.6 is 0 Å². The Labute approximate surface area is 228 Å². The van der Waals surface area contributed by atoms with Gasteiger partial charge in [0, 0.05) is 5.75 Å². The average molecular weight is 481 g/mol. The first kappa shape index (κ1) is 30.7. The Kier molecular flexibility index (Phi) is 18.0. The van der Waals surface area contributed by atoms with Crippen molar-refractivity contribution in [2.45, 2.75) is 71.1 Å². The smallest absolute Gasteiger partial charge is 0.748 e. The molecule has 0 spiro atoms. The summed E-state index contributed by atoms with van der Waals surface area (Å²) in [7, 11) is -4.35. The van der Waals surface area contributed by atoms with Crippen molar-refractivity contribution in [3.8, 4) is 0 Å². The number of unbranched alkanes of at least 4 members (excludes halogenated alkanes) is 8. The number of rotatable bonds is 16. The predicted octanol–water partition coefficient (Wildman–Crippen LogP) is 1.47. The van der Waals surface area contributed by atoms with E-state index in [4.69, 9.17) is 9.47 Å². The van der Waals surface area contributed by atoms with Crippen molar-refractivity contribution in [2.24, 2.45) is 0 Å². The normalized spacial score (nSPS) is 10.9. The zero-order chi connectivity index (χ0) is 22.2. The third-order valence-corrected chi connectivity index (χ3v) is 5.41. The zero-order valence-corrected chi connectivity index (χ0v) is 22.7. The van der Waals surface area contributed by atoms with Crippen LogP contribution in [0.4, 0.5) is 0 Å². The molecule has 0 aromatic heterocycles. The number of esters is 2. The van der Waals surface area contributed by atoms with Crippen molar-refractivity contribution < 1.29 is 83.4 Å². The van der Waals surface area contributed by atoms with Gasteiger partial charge in [-0.2, -0.15) is 0 Å². The molecule has 0 bridgehead atoms. The second-order valence-electron chi connectivity index (χ2n) is 7.26. The van der Waals surface area contributed by atoms with Crippen molar-refractivity contribution in [3.05, 3.63) is 35.4 Å². The first-order chi connectivity index (χ1) is 14.3. The fourth-order valence-electron chi connectivity index (χ4n) is 2.97. The summed E-state index contributed by atoms with van der Waals surface area (Å²) in [4.78, 5) is 24.5. The van der Waals surface area contributed by atoms with E-state index in [1.807, 2.05) is 0 Å². The SMILES string of the molecule is CCCCCCCCCCCOC(=O)c1ccccc1C(=O)OCCCS(=O)(=O)[O-].[K+]. The van der Waals surface area contributed by atoms with Crippen LogP contribution in [0, 0.1) is 0 Å². The van der Waals surface area contributed by atoms with Crippen molar-refractivity contribution in [3.63, 3.8) is 0 Å². The first-order valence-electron chi connectivity index (χ1n) is 10.7. The van der Waals surface area contributed by atoms with Crippen LogP contribution in [0.15, 0.2) is 24.3 Å². The van der Waals surface area contributed by atoms with E-state index >= 15 is 0 Å². The Hall–Kier alpha value is -0.294. The van der Waals surface area contributed by atoms with Gasteiger partial charge in [0.1, 0.15) is 0 Å². The van der Waals surface area contributed by atoms with Gasteiger partial charge in [0.25, 0.3) is 0 Å². The Morgan fingerprint density at radius 3 is 1.65 bits per heavy atom. The quantitative estimate of drug-likeness (QED) is 0.152. The summed E-state index contributed by atoms with van der Waals surface area (Å²) in [6.07, 6.45) is 10.4. The molecular weight excluding hydrogens is 447 g/mol. The van der Waals surface area contributed by atoms with Crippen LogP contribution in [0.3, 0.4) is 0 Å². The van der Waals surface area contributed by atoms with Crippen molar-refractivity contribution in [2.75, 3.05) is 19.0 Å². The van der Waals surface area contributed by atoms with Gasteiger partial charge >= 0.3 is 63.3 Å². The molecule has 0 aliphatic rings. The Morgan fingerprint density at radius 2 is 1.19 bits per heavy atom. The predicted molar refractivity (Wildman–Crippen MR) is 113 cm³/mol. The summed E-state index contributed by atoms with van der Waals surface area (Å²) in [5, 5.41) is 0. The molecular formula is C22H33KO7S. The minimum absolute atomic E-state index is 0. The van der Waals surface area contributed by atoms with Gasteiger partial charge in [0.2, 0.25) is 0 Å². The molecule has 170 valence electrons. The number of ether oxygens (including phenoxy) is 2. The van der Waals surface area contributed by atoms with Crippen LogP contribution < -0.4 is 51.4 Å². The molecule has 0 aliphatic heterocycles. The van der Waals surface area contributed by atoms with Crippen LogP contribution in [0.25, 0.3) is 0 Å². The Morgan fingerprint density at radius 1 is 0.774 bits per heavy atom. The summed E-state index contributed by atoms with van der Waals surface area (Å²) >= 11 is 0. The molecule has 31 heavy (non-hydrogen) atoms. The number of hydrogen-bond donors (Lipinski definition) is 0. The summed E-state index contributed by atoms with van der Waals surface area (Å²) in [6, 6.07) is 6.14. The van der Waals surface area contributed by atoms with E-state index in [-0.39, 0.29) is 75.5 Å². The van der Waals surface area contributed by atoms with Gasteiger partial charge < -0.3 is 14.0 Å². The fourth-order valence-corrected chi connectivity index (χ4v) is 3.44. The molecule has 1 aromatic rings. The molecule has 0 saturated heterocycles. The van der Waals surface area contributed by atoms with Crippen molar-refractivity contribution in [1.82, 2.24) is 0 Å². The van der Waals surface area contributed by atoms with E-state index in [2.05, 4.69) is 6.92 Å². The maximum atomic E-state index is 12.3. The Balaban J connectivity index is 0.00000900. The molecule has 0 aliphatic carbocycles. The van der Waals surface area contributed by atoms with Gasteiger partial charge in [-0.05, 0) is 25.0 Å². The van der Waals surface area contributed by atoms with Gasteiger partial charge in [-0.25, -0.2) is 18.0 Å². The maximum absolute atomic E-state index is 12.3. The number of carbonyl (C=O) groups is 2. The molecule has 0 amide bonds. The van der Waals surface area contributed by atoms with E-state index in [9.17, 15) is 22.6 Å². The molecule has 0 unspecified atom stereocenters. The van der Waals surface area contributed by atoms with E-state index in [1.54, 1.807) is 12.1 Å². The van der Waals surface area contributed by atoms with E-state index in [1.165, 1.54) is 50.7 Å². The summed E-state index contributed by atoms with van der Waals surface area (Å²) in [5.74, 6) is -1.96. The molecule has 9 heteroatoms. The molecule has 0 radical (unpaired) electrons. The molecule has 0 heterocycles. The van der Waals surface area contributed by atoms with Gasteiger partial charge in [-0.15, -0.1) is 0 Å². The molecule has 0 saturated carbocycles. The van der Waals surface area contributed by atoms with Gasteiger partial charge in [0.05, 0.1) is 34.5 Å². The van der Waals surface area contributed by atoms with Crippen LogP contribution in [-0.2, 0) is 19.6 Å². The minimum Gasteiger partial charge on any atom is -0.748 e. The van der Waals surface area contributed by atoms with Crippen LogP contribution in [-0.4, -0.2) is 43.9 Å². The second-order valence-corrected chi connectivity index (χ2v) is 8.78. The molecule has 1 rings (SSSR count). The largest absolute Gasteiger partial charge is 1.00 e. The van der Waals surface area contributed by atoms with Crippen molar-refractivity contribution in [1.29, 1.82) is 0 Å². The Bertz CT molecular complexity index is 750. The summed E-state index contributed by atoms with van der Waals surface area (Å²) in [6.45, 7) is 2.27. The molecule has 0 fully saturated rings. The number of benzene rings is 1. The molecule has 1 aromatic carbocycles. The third kappa shape index (κ3) is 15.2. The van der Waals surface area contributed by atoms with E-state index in [0.717, 1.165) is 19.3 Å². The van der Waals surface area contributed by atoms with Gasteiger partial charge in [-0.1, -0.05) is 70.4 Å². The zero-order valence-electron chi connectivity index (χ0n) is 18.8. The van der Waals surface area contributed by atoms with E-state index < -0.39 is 27.8 Å². The third-order valence-electron chi connectivity index (χ3n) is 4.62. The van der Waals surface area contributed by atoms with Crippen molar-refractivity contribution >= 4 is 22.1 Å². The standard InChI is InChI=1S/C22H34O7S.K/c1-2-3-4-5-6-7-8-9-12-16-28-21(23)19-14-10-11-15-20(19)22(24)29-17-13-18-30(25,26)27;/h10-11,14-15H,2-9,12-13,16-18H2,1H3,(H,25,26,27);/q;+1/p-1. The summed E-state index contributed by atoms with van der Waals surface area (Å²) in [5.41, 5.74) is 0.162. The van der Waals surface area contributed by atoms with Crippen LogP contribution in [0.2, 0.25) is 0 Å². The molecule has 0 N–H and O–H groups in total. The molecule has 0 atom stereocenters. The summed E-state index contributed by atoms with van der Waals surface area (Å²) < 4.78 is 42.0. The van der Waals surface area contributed by atoms with Gasteiger partial charge in [0.15, 0.2) is 0 Å². The van der Waals surface area contributed by atoms with Gasteiger partial charge in [-0.3, -0.25) is 0 Å². The maximum Gasteiger partial charge on any atom is 1.00 e. The average Bonchev–Trinajstić information content (AvgIpc) is 2.71. The molecule has 7 nitrogen and oxygen atoms in total. The minimum atomic E-state index is -4.35. The number of carbonyl (C=O) groups excluding carboxylic acids is 2. The van der Waals surface area contributed by atoms with Crippen LogP contribution in [0.5, 0.6) is 0 Å². The van der Waals surface area contributed by atoms with Crippen LogP contribution in [0.1, 0.15) is 91.8 Å². The monoisotopic (exact) mass is 480 g/mol. The first-order valence-corrected chi connectivity index (χ1v) is 12.3.